The fourth-order valence-corrected chi connectivity index (χ4v) is 1.90. The van der Waals surface area contributed by atoms with E-state index in [9.17, 15) is 0 Å². The van der Waals surface area contributed by atoms with Crippen LogP contribution in [0.1, 0.15) is 45.2 Å². The van der Waals surface area contributed by atoms with Crippen molar-refractivity contribution in [3.63, 3.8) is 0 Å². The molecular formula is C13H25N3O. The normalized spacial score (nSPS) is 12.9. The molecular weight excluding hydrogens is 214 g/mol. The predicted molar refractivity (Wildman–Crippen MR) is 70.0 cm³/mol. The Labute approximate surface area is 104 Å². The lowest BCUT2D eigenvalue weighted by atomic mass is 10.1. The van der Waals surface area contributed by atoms with Crippen LogP contribution in [0, 0.1) is 0 Å². The maximum Gasteiger partial charge on any atom is 0.0537 e. The van der Waals surface area contributed by atoms with Gasteiger partial charge in [-0.2, -0.15) is 5.10 Å². The summed E-state index contributed by atoms with van der Waals surface area (Å²) in [6.07, 6.45) is 6.29. The third-order valence-corrected chi connectivity index (χ3v) is 2.82. The van der Waals surface area contributed by atoms with Crippen LogP contribution in [-0.4, -0.2) is 29.5 Å². The van der Waals surface area contributed by atoms with E-state index in [1.807, 2.05) is 17.8 Å². The maximum atomic E-state index is 5.38. The molecule has 0 bridgehead atoms. The van der Waals surface area contributed by atoms with Crippen LogP contribution in [0.2, 0.25) is 0 Å². The van der Waals surface area contributed by atoms with Gasteiger partial charge in [0.25, 0.3) is 0 Å². The Hall–Kier alpha value is -0.870. The zero-order valence-electron chi connectivity index (χ0n) is 11.3. The summed E-state index contributed by atoms with van der Waals surface area (Å²) in [6.45, 7) is 9.84. The van der Waals surface area contributed by atoms with Gasteiger partial charge in [-0.1, -0.05) is 6.92 Å². The zero-order valence-corrected chi connectivity index (χ0v) is 11.3. The molecule has 0 radical (unpaired) electrons. The van der Waals surface area contributed by atoms with Gasteiger partial charge in [0.15, 0.2) is 0 Å². The van der Waals surface area contributed by atoms with Crippen LogP contribution in [0.3, 0.4) is 0 Å². The third-order valence-electron chi connectivity index (χ3n) is 2.82. The Balaban J connectivity index is 2.46. The van der Waals surface area contributed by atoms with Gasteiger partial charge in [0.05, 0.1) is 6.20 Å². The lowest BCUT2D eigenvalue weighted by molar-refractivity contribution is 0.141. The average molecular weight is 239 g/mol. The van der Waals surface area contributed by atoms with E-state index in [0.717, 1.165) is 39.1 Å². The molecule has 98 valence electrons. The van der Waals surface area contributed by atoms with Crippen LogP contribution in [0.4, 0.5) is 0 Å². The predicted octanol–water partition coefficient (Wildman–Crippen LogP) is 2.37. The first kappa shape index (κ1) is 14.2. The summed E-state index contributed by atoms with van der Waals surface area (Å²) in [4.78, 5) is 0. The molecule has 0 amide bonds. The molecule has 0 aromatic carbocycles. The fourth-order valence-electron chi connectivity index (χ4n) is 1.90. The quantitative estimate of drug-likeness (QED) is 0.672. The molecule has 0 spiro atoms. The molecule has 0 fully saturated rings. The molecule has 0 aliphatic heterocycles. The van der Waals surface area contributed by atoms with Gasteiger partial charge in [-0.3, -0.25) is 4.68 Å². The fraction of sp³-hybridized carbons (Fsp3) is 0.769. The second-order valence-electron chi connectivity index (χ2n) is 4.08. The van der Waals surface area contributed by atoms with E-state index in [2.05, 4.69) is 30.5 Å². The number of hydrogen-bond donors (Lipinski definition) is 1. The van der Waals surface area contributed by atoms with E-state index in [-0.39, 0.29) is 0 Å². The Morgan fingerprint density at radius 3 is 2.82 bits per heavy atom. The van der Waals surface area contributed by atoms with Crippen molar-refractivity contribution in [3.05, 3.63) is 18.0 Å². The van der Waals surface area contributed by atoms with E-state index in [0.29, 0.717) is 6.04 Å². The van der Waals surface area contributed by atoms with Gasteiger partial charge in [0, 0.05) is 37.6 Å². The number of rotatable bonds is 9. The molecule has 4 nitrogen and oxygen atoms in total. The number of aromatic nitrogens is 2. The Morgan fingerprint density at radius 1 is 1.41 bits per heavy atom. The van der Waals surface area contributed by atoms with E-state index < -0.39 is 0 Å². The number of aryl methyl sites for hydroxylation is 1. The van der Waals surface area contributed by atoms with E-state index in [4.69, 9.17) is 4.74 Å². The average Bonchev–Trinajstić information content (AvgIpc) is 2.82. The SMILES string of the molecule is CCNC(CCCOCC)c1cnn(CC)c1. The van der Waals surface area contributed by atoms with Crippen molar-refractivity contribution in [2.75, 3.05) is 19.8 Å². The molecule has 1 aromatic rings. The monoisotopic (exact) mass is 239 g/mol. The molecule has 17 heavy (non-hydrogen) atoms. The second kappa shape index (κ2) is 8.25. The standard InChI is InChI=1S/C13H25N3O/c1-4-14-13(8-7-9-17-6-3)12-10-15-16(5-2)11-12/h10-11,13-14H,4-9H2,1-3H3. The summed E-state index contributed by atoms with van der Waals surface area (Å²) in [5.74, 6) is 0. The van der Waals surface area contributed by atoms with Gasteiger partial charge >= 0.3 is 0 Å². The van der Waals surface area contributed by atoms with E-state index in [1.54, 1.807) is 0 Å². The molecule has 0 aliphatic carbocycles. The number of nitrogens with zero attached hydrogens (tertiary/aromatic N) is 2. The summed E-state index contributed by atoms with van der Waals surface area (Å²) in [5.41, 5.74) is 1.28. The van der Waals surface area contributed by atoms with Gasteiger partial charge in [0.2, 0.25) is 0 Å². The minimum absolute atomic E-state index is 0.403. The summed E-state index contributed by atoms with van der Waals surface area (Å²) in [7, 11) is 0. The van der Waals surface area contributed by atoms with Crippen LogP contribution in [0.25, 0.3) is 0 Å². The van der Waals surface area contributed by atoms with Crippen molar-refractivity contribution >= 4 is 0 Å². The molecule has 1 rings (SSSR count). The first-order valence-electron chi connectivity index (χ1n) is 6.65. The Morgan fingerprint density at radius 2 is 2.24 bits per heavy atom. The van der Waals surface area contributed by atoms with Crippen molar-refractivity contribution in [1.82, 2.24) is 15.1 Å². The molecule has 1 unspecified atom stereocenters. The zero-order chi connectivity index (χ0) is 12.5. The highest BCUT2D eigenvalue weighted by atomic mass is 16.5. The maximum absolute atomic E-state index is 5.38. The van der Waals surface area contributed by atoms with Gasteiger partial charge < -0.3 is 10.1 Å². The number of hydrogen-bond acceptors (Lipinski definition) is 3. The third kappa shape index (κ3) is 4.88. The van der Waals surface area contributed by atoms with Crippen molar-refractivity contribution in [2.45, 2.75) is 46.2 Å². The van der Waals surface area contributed by atoms with Gasteiger partial charge in [-0.05, 0) is 33.2 Å². The Kier molecular flexibility index (Phi) is 6.89. The lowest BCUT2D eigenvalue weighted by Gasteiger charge is -2.16. The van der Waals surface area contributed by atoms with Crippen LogP contribution in [0.15, 0.2) is 12.4 Å². The second-order valence-corrected chi connectivity index (χ2v) is 4.08. The Bertz CT molecular complexity index is 299. The van der Waals surface area contributed by atoms with Crippen LogP contribution in [0.5, 0.6) is 0 Å². The van der Waals surface area contributed by atoms with Crippen molar-refractivity contribution in [1.29, 1.82) is 0 Å². The molecule has 1 aromatic heterocycles. The van der Waals surface area contributed by atoms with E-state index >= 15 is 0 Å². The number of ether oxygens (including phenoxy) is 1. The summed E-state index contributed by atoms with van der Waals surface area (Å²) in [5, 5.41) is 7.83. The molecule has 1 N–H and O–H groups in total. The van der Waals surface area contributed by atoms with Crippen LogP contribution in [-0.2, 0) is 11.3 Å². The van der Waals surface area contributed by atoms with Gasteiger partial charge in [-0.15, -0.1) is 0 Å². The van der Waals surface area contributed by atoms with Crippen molar-refractivity contribution < 1.29 is 4.74 Å². The van der Waals surface area contributed by atoms with Gasteiger partial charge in [0.1, 0.15) is 0 Å². The summed E-state index contributed by atoms with van der Waals surface area (Å²) in [6, 6.07) is 0.403. The highest BCUT2D eigenvalue weighted by Gasteiger charge is 2.11. The summed E-state index contributed by atoms with van der Waals surface area (Å²) < 4.78 is 7.35. The molecule has 0 saturated carbocycles. The van der Waals surface area contributed by atoms with Crippen molar-refractivity contribution in [3.8, 4) is 0 Å². The topological polar surface area (TPSA) is 39.1 Å². The summed E-state index contributed by atoms with van der Waals surface area (Å²) >= 11 is 0. The molecule has 0 aliphatic rings. The highest BCUT2D eigenvalue weighted by molar-refractivity contribution is 5.10. The molecule has 0 saturated heterocycles. The minimum Gasteiger partial charge on any atom is -0.382 e. The van der Waals surface area contributed by atoms with Gasteiger partial charge in [-0.25, -0.2) is 0 Å². The molecule has 1 heterocycles. The largest absolute Gasteiger partial charge is 0.382 e. The van der Waals surface area contributed by atoms with Crippen LogP contribution < -0.4 is 5.32 Å². The number of nitrogens with one attached hydrogen (secondary N) is 1. The van der Waals surface area contributed by atoms with Crippen molar-refractivity contribution in [2.24, 2.45) is 0 Å². The van der Waals surface area contributed by atoms with Crippen LogP contribution >= 0.6 is 0 Å². The lowest BCUT2D eigenvalue weighted by Crippen LogP contribution is -2.21. The first-order chi connectivity index (χ1) is 8.31. The smallest absolute Gasteiger partial charge is 0.0537 e. The minimum atomic E-state index is 0.403. The first-order valence-corrected chi connectivity index (χ1v) is 6.65. The molecule has 4 heteroatoms. The highest BCUT2D eigenvalue weighted by Crippen LogP contribution is 2.17. The van der Waals surface area contributed by atoms with E-state index in [1.165, 1.54) is 5.56 Å². The molecule has 1 atom stereocenters.